The smallest absolute Gasteiger partial charge is 0.245 e. The average molecular weight is 402 g/mol. The molecule has 4 nitrogen and oxygen atoms in total. The lowest BCUT2D eigenvalue weighted by atomic mass is 9.87. The maximum atomic E-state index is 13.2. The molecule has 142 valence electrons. The van der Waals surface area contributed by atoms with Crippen LogP contribution in [0.3, 0.4) is 0 Å². The molecule has 29 heavy (non-hydrogen) atoms. The van der Waals surface area contributed by atoms with Crippen molar-refractivity contribution in [3.8, 4) is 11.8 Å². The Bertz CT molecular complexity index is 1180. The van der Waals surface area contributed by atoms with E-state index in [2.05, 4.69) is 11.8 Å². The van der Waals surface area contributed by atoms with Crippen molar-refractivity contribution < 1.29 is 14.2 Å². The number of anilines is 1. The molecule has 0 N–H and O–H groups in total. The molecule has 0 radical (unpaired) electrons. The topological polar surface area (TPSA) is 40.4 Å². The van der Waals surface area contributed by atoms with E-state index in [4.69, 9.17) is 11.6 Å². The van der Waals surface area contributed by atoms with E-state index in [0.717, 1.165) is 16.0 Å². The number of urea groups is 1. The highest BCUT2D eigenvalue weighted by atomic mass is 35.5. The summed E-state index contributed by atoms with van der Waals surface area (Å²) in [6.45, 7) is 1.89. The van der Waals surface area contributed by atoms with E-state index in [1.54, 1.807) is 31.3 Å². The maximum absolute atomic E-state index is 13.2. The van der Waals surface area contributed by atoms with Crippen molar-refractivity contribution in [3.05, 3.63) is 88.5 Å². The highest BCUT2D eigenvalue weighted by Crippen LogP contribution is 2.33. The quantitative estimate of drug-likeness (QED) is 0.524. The van der Waals surface area contributed by atoms with E-state index < -0.39 is 11.9 Å². The number of carbonyl (C=O) groups is 2. The van der Waals surface area contributed by atoms with Crippen LogP contribution in [0.25, 0.3) is 0 Å². The van der Waals surface area contributed by atoms with Crippen LogP contribution in [0.2, 0.25) is 5.02 Å². The number of allylic oxidation sites excluding steroid dienone is 3. The zero-order chi connectivity index (χ0) is 20.5. The second kappa shape index (κ2) is 7.54. The van der Waals surface area contributed by atoms with Crippen LogP contribution < -0.4 is 4.90 Å². The lowest BCUT2D eigenvalue weighted by Gasteiger charge is -2.27. The van der Waals surface area contributed by atoms with Gasteiger partial charge in [0, 0.05) is 11.1 Å². The molecule has 0 fully saturated rings. The summed E-state index contributed by atoms with van der Waals surface area (Å²) in [5, 5.41) is 0.302. The van der Waals surface area contributed by atoms with Crippen LogP contribution in [-0.2, 0) is 4.79 Å². The third kappa shape index (κ3) is 3.41. The summed E-state index contributed by atoms with van der Waals surface area (Å²) < 4.78 is 1.50. The molecular weight excluding hydrogens is 384 g/mol. The Morgan fingerprint density at radius 2 is 1.76 bits per heavy atom. The molecule has 5 heteroatoms. The number of hydrogen-bond donors (Lipinski definition) is 0. The fraction of sp³-hybridized carbons (Fsp3) is 0.125. The highest BCUT2D eigenvalue weighted by molar-refractivity contribution is 6.36. The number of amides is 3. The SMILES string of the molecule is CC1=CC=CC2=[N+](C)C(=O)N(c3ccc(C#Cc4ccccc4)cc3Cl)C(=O)C12. The molecule has 1 heterocycles. The molecule has 3 amide bonds. The number of hydrogen-bond acceptors (Lipinski definition) is 2. The van der Waals surface area contributed by atoms with Crippen molar-refractivity contribution in [2.24, 2.45) is 5.92 Å². The van der Waals surface area contributed by atoms with Gasteiger partial charge in [0.15, 0.2) is 5.69 Å². The Labute approximate surface area is 174 Å². The van der Waals surface area contributed by atoms with Gasteiger partial charge in [0.2, 0.25) is 0 Å². The van der Waals surface area contributed by atoms with Gasteiger partial charge in [-0.15, -0.1) is 4.90 Å². The number of imide groups is 1. The standard InChI is InChI=1S/C24H18ClN2O2/c1-16-7-6-10-21-22(16)23(28)27(24(29)26(21)2)20-14-13-18(15-19(20)25)12-11-17-8-4-3-5-9-17/h3-10,13-15,22H,1-2H3/q+1. The minimum Gasteiger partial charge on any atom is -0.245 e. The summed E-state index contributed by atoms with van der Waals surface area (Å²) in [6.07, 6.45) is 5.54. The molecule has 4 rings (SSSR count). The summed E-state index contributed by atoms with van der Waals surface area (Å²) >= 11 is 6.47. The van der Waals surface area contributed by atoms with Gasteiger partial charge >= 0.3 is 11.9 Å². The number of fused-ring (bicyclic) bond motifs is 1. The van der Waals surface area contributed by atoms with Gasteiger partial charge in [-0.2, -0.15) is 9.37 Å². The number of benzene rings is 2. The second-order valence-corrected chi connectivity index (χ2v) is 7.33. The second-order valence-electron chi connectivity index (χ2n) is 6.93. The summed E-state index contributed by atoms with van der Waals surface area (Å²) in [4.78, 5) is 27.2. The van der Waals surface area contributed by atoms with Crippen molar-refractivity contribution in [3.63, 3.8) is 0 Å². The van der Waals surface area contributed by atoms with Gasteiger partial charge in [0.25, 0.3) is 0 Å². The van der Waals surface area contributed by atoms with Gasteiger partial charge in [-0.1, -0.05) is 59.4 Å². The van der Waals surface area contributed by atoms with E-state index in [0.29, 0.717) is 22.0 Å². The van der Waals surface area contributed by atoms with Crippen LogP contribution in [-0.4, -0.2) is 29.3 Å². The third-order valence-electron chi connectivity index (χ3n) is 5.02. The Morgan fingerprint density at radius 1 is 1.03 bits per heavy atom. The van der Waals surface area contributed by atoms with Gasteiger partial charge in [-0.3, -0.25) is 0 Å². The van der Waals surface area contributed by atoms with Crippen molar-refractivity contribution in [2.45, 2.75) is 6.92 Å². The Balaban J connectivity index is 1.70. The summed E-state index contributed by atoms with van der Waals surface area (Å²) in [5.41, 5.74) is 3.53. The van der Waals surface area contributed by atoms with Crippen molar-refractivity contribution in [1.82, 2.24) is 0 Å². The predicted molar refractivity (Wildman–Crippen MR) is 114 cm³/mol. The van der Waals surface area contributed by atoms with E-state index in [1.807, 2.05) is 49.4 Å². The monoisotopic (exact) mass is 401 g/mol. The van der Waals surface area contributed by atoms with E-state index in [9.17, 15) is 9.59 Å². The minimum absolute atomic E-state index is 0.300. The van der Waals surface area contributed by atoms with E-state index in [-0.39, 0.29) is 5.91 Å². The lowest BCUT2D eigenvalue weighted by Crippen LogP contribution is -2.54. The van der Waals surface area contributed by atoms with Crippen LogP contribution in [0.5, 0.6) is 0 Å². The molecule has 1 aliphatic heterocycles. The first-order valence-electron chi connectivity index (χ1n) is 9.17. The number of carbonyl (C=O) groups excluding carboxylic acids is 2. The van der Waals surface area contributed by atoms with Crippen LogP contribution >= 0.6 is 11.6 Å². The average Bonchev–Trinajstić information content (AvgIpc) is 2.72. The van der Waals surface area contributed by atoms with Gasteiger partial charge < -0.3 is 0 Å². The van der Waals surface area contributed by atoms with Crippen LogP contribution in [0.4, 0.5) is 10.5 Å². The van der Waals surface area contributed by atoms with Gasteiger partial charge in [0.1, 0.15) is 11.6 Å². The fourth-order valence-corrected chi connectivity index (χ4v) is 3.75. The molecule has 0 spiro atoms. The first-order valence-corrected chi connectivity index (χ1v) is 9.55. The molecule has 2 aromatic carbocycles. The first kappa shape index (κ1) is 18.9. The van der Waals surface area contributed by atoms with Crippen molar-refractivity contribution in [2.75, 3.05) is 11.9 Å². The molecule has 0 saturated carbocycles. The molecule has 2 aliphatic rings. The molecule has 2 aromatic rings. The van der Waals surface area contributed by atoms with Crippen molar-refractivity contribution >= 4 is 34.9 Å². The maximum Gasteiger partial charge on any atom is 0.506 e. The number of halogens is 1. The number of nitrogens with zero attached hydrogens (tertiary/aromatic N) is 2. The Kier molecular flexibility index (Phi) is 4.92. The van der Waals surface area contributed by atoms with E-state index >= 15 is 0 Å². The molecule has 1 atom stereocenters. The van der Waals surface area contributed by atoms with E-state index in [1.165, 1.54) is 4.58 Å². The van der Waals surface area contributed by atoms with Crippen molar-refractivity contribution in [1.29, 1.82) is 0 Å². The van der Waals surface area contributed by atoms with Crippen LogP contribution in [0.1, 0.15) is 18.1 Å². The molecule has 1 unspecified atom stereocenters. The molecule has 1 aliphatic carbocycles. The molecule has 0 saturated heterocycles. The minimum atomic E-state index is -0.490. The zero-order valence-electron chi connectivity index (χ0n) is 16.0. The normalized spacial score (nSPS) is 18.2. The third-order valence-corrected chi connectivity index (χ3v) is 5.33. The molecule has 0 aromatic heterocycles. The number of rotatable bonds is 1. The first-order chi connectivity index (χ1) is 14.0. The molecular formula is C24H18ClN2O2+. The summed E-state index contributed by atoms with van der Waals surface area (Å²) in [6, 6.07) is 14.3. The summed E-state index contributed by atoms with van der Waals surface area (Å²) in [5.74, 6) is 5.34. The largest absolute Gasteiger partial charge is 0.506 e. The van der Waals surface area contributed by atoms with Crippen LogP contribution in [0.15, 0.2) is 72.3 Å². The van der Waals surface area contributed by atoms with Gasteiger partial charge in [-0.05, 0) is 43.3 Å². The van der Waals surface area contributed by atoms with Gasteiger partial charge in [0.05, 0.1) is 12.1 Å². The Morgan fingerprint density at radius 3 is 2.48 bits per heavy atom. The zero-order valence-corrected chi connectivity index (χ0v) is 16.8. The fourth-order valence-electron chi connectivity index (χ4n) is 3.49. The van der Waals surface area contributed by atoms with Gasteiger partial charge in [-0.25, -0.2) is 4.79 Å². The predicted octanol–water partition coefficient (Wildman–Crippen LogP) is 4.42. The van der Waals surface area contributed by atoms with Crippen LogP contribution in [0, 0.1) is 17.8 Å². The molecule has 0 bridgehead atoms. The Hall–Kier alpha value is -3.42. The highest BCUT2D eigenvalue weighted by Gasteiger charge is 2.49. The lowest BCUT2D eigenvalue weighted by molar-refractivity contribution is -0.394. The summed E-state index contributed by atoms with van der Waals surface area (Å²) in [7, 11) is 1.67.